The second-order valence-corrected chi connectivity index (χ2v) is 15.3. The van der Waals surface area contributed by atoms with E-state index in [0.29, 0.717) is 62.6 Å². The molecule has 3 fully saturated rings. The Morgan fingerprint density at radius 1 is 1.02 bits per heavy atom. The van der Waals surface area contributed by atoms with Gasteiger partial charge < -0.3 is 39.1 Å². The van der Waals surface area contributed by atoms with E-state index < -0.39 is 29.1 Å². The number of hydrogen-bond donors (Lipinski definition) is 1. The van der Waals surface area contributed by atoms with Gasteiger partial charge in [-0.15, -0.1) is 0 Å². The molecule has 2 saturated heterocycles. The molecule has 5 amide bonds. The predicted octanol–water partition coefficient (Wildman–Crippen LogP) is 3.72. The summed E-state index contributed by atoms with van der Waals surface area (Å²) in [6.45, 7) is 12.7. The van der Waals surface area contributed by atoms with Gasteiger partial charge in [0.25, 0.3) is 5.91 Å². The van der Waals surface area contributed by atoms with Gasteiger partial charge in [-0.2, -0.15) is 0 Å². The lowest BCUT2D eigenvalue weighted by Crippen LogP contribution is -2.55. The van der Waals surface area contributed by atoms with E-state index in [9.17, 15) is 24.0 Å². The molecule has 0 radical (unpaired) electrons. The highest BCUT2D eigenvalue weighted by atomic mass is 16.6. The topological polar surface area (TPSA) is 138 Å². The molecule has 3 aliphatic heterocycles. The van der Waals surface area contributed by atoms with Crippen LogP contribution < -0.4 is 19.9 Å². The summed E-state index contributed by atoms with van der Waals surface area (Å²) in [6.07, 6.45) is 3.31. The summed E-state index contributed by atoms with van der Waals surface area (Å²) in [5.41, 5.74) is -0.542. The number of likely N-dealkylation sites (tertiary alicyclic amines) is 2. The molecule has 1 saturated carbocycles. The molecule has 49 heavy (non-hydrogen) atoms. The van der Waals surface area contributed by atoms with Crippen molar-refractivity contribution in [1.29, 1.82) is 0 Å². The van der Waals surface area contributed by atoms with Crippen LogP contribution in [0.2, 0.25) is 0 Å². The molecule has 0 spiro atoms. The maximum Gasteiger partial charge on any atom is 0.410 e. The Morgan fingerprint density at radius 3 is 2.31 bits per heavy atom. The zero-order valence-electron chi connectivity index (χ0n) is 30.1. The van der Waals surface area contributed by atoms with Gasteiger partial charge in [0.05, 0.1) is 17.5 Å². The summed E-state index contributed by atoms with van der Waals surface area (Å²) in [6, 6.07) is 5.39. The number of nitrogens with one attached hydrogen (secondary N) is 1. The molecule has 3 heterocycles. The maximum absolute atomic E-state index is 14.6. The molecule has 13 nitrogen and oxygen atoms in total. The average molecular weight is 684 g/mol. The van der Waals surface area contributed by atoms with Gasteiger partial charge in [-0.1, -0.05) is 0 Å². The summed E-state index contributed by atoms with van der Waals surface area (Å²) in [4.78, 5) is 73.7. The molecule has 13 heteroatoms. The second-order valence-electron chi connectivity index (χ2n) is 15.3. The normalized spacial score (nSPS) is 22.6. The number of amides is 5. The minimum absolute atomic E-state index is 0.0207. The maximum atomic E-state index is 14.6. The summed E-state index contributed by atoms with van der Waals surface area (Å²) in [7, 11) is 1.62. The molecule has 1 aromatic carbocycles. The van der Waals surface area contributed by atoms with Crippen LogP contribution in [0.1, 0.15) is 80.1 Å². The number of carbonyl (C=O) groups excluding carboxylic acids is 5. The molecule has 1 aliphatic carbocycles. The van der Waals surface area contributed by atoms with E-state index in [1.807, 2.05) is 18.2 Å². The smallest absolute Gasteiger partial charge is 0.410 e. The summed E-state index contributed by atoms with van der Waals surface area (Å²) < 4.78 is 17.0. The predicted molar refractivity (Wildman–Crippen MR) is 183 cm³/mol. The third kappa shape index (κ3) is 8.66. The van der Waals surface area contributed by atoms with Crippen molar-refractivity contribution in [2.75, 3.05) is 56.2 Å². The zero-order valence-corrected chi connectivity index (χ0v) is 30.1. The molecule has 0 aromatic heterocycles. The molecule has 2 atom stereocenters. The second kappa shape index (κ2) is 14.5. The van der Waals surface area contributed by atoms with Crippen molar-refractivity contribution in [2.24, 2.45) is 11.8 Å². The van der Waals surface area contributed by atoms with Crippen LogP contribution in [0.15, 0.2) is 18.2 Å². The van der Waals surface area contributed by atoms with E-state index in [4.69, 9.17) is 14.2 Å². The van der Waals surface area contributed by atoms with Gasteiger partial charge in [-0.05, 0) is 91.3 Å². The van der Waals surface area contributed by atoms with E-state index in [2.05, 4.69) is 5.32 Å². The van der Waals surface area contributed by atoms with Crippen molar-refractivity contribution < 1.29 is 38.2 Å². The number of anilines is 2. The van der Waals surface area contributed by atoms with Gasteiger partial charge in [0, 0.05) is 71.1 Å². The minimum Gasteiger partial charge on any atom is -0.476 e. The first kappa shape index (κ1) is 36.4. The molecule has 270 valence electrons. The number of rotatable bonds is 9. The number of methoxy groups -OCH3 is 1. The molecular weight excluding hydrogens is 630 g/mol. The van der Waals surface area contributed by atoms with E-state index in [1.54, 1.807) is 63.4 Å². The number of benzene rings is 1. The highest BCUT2D eigenvalue weighted by Gasteiger charge is 2.45. The van der Waals surface area contributed by atoms with Crippen LogP contribution in [0.25, 0.3) is 0 Å². The van der Waals surface area contributed by atoms with Crippen LogP contribution in [0.4, 0.5) is 16.2 Å². The SMILES string of the molecule is COCCCN1C(=O)C(C)(C)Oc2ccc(N(C(=O)[C@@H]3C[C@H](C(=O)NC4CCN(C(C)=O)CC4)CN(C(=O)OC(C)(C)C)C3)C3CC3)cc21. The highest BCUT2D eigenvalue weighted by Crippen LogP contribution is 2.43. The van der Waals surface area contributed by atoms with E-state index in [0.717, 1.165) is 12.8 Å². The van der Waals surface area contributed by atoms with Gasteiger partial charge in [-0.25, -0.2) is 4.79 Å². The van der Waals surface area contributed by atoms with Crippen molar-refractivity contribution in [3.05, 3.63) is 18.2 Å². The minimum atomic E-state index is -1.04. The van der Waals surface area contributed by atoms with Crippen LogP contribution in [0, 0.1) is 11.8 Å². The number of hydrogen-bond acceptors (Lipinski definition) is 8. The van der Waals surface area contributed by atoms with Crippen LogP contribution in [0.5, 0.6) is 5.75 Å². The van der Waals surface area contributed by atoms with Gasteiger partial charge in [0.1, 0.15) is 11.4 Å². The lowest BCUT2D eigenvalue weighted by Gasteiger charge is -2.41. The monoisotopic (exact) mass is 683 g/mol. The Bertz CT molecular complexity index is 1430. The van der Waals surface area contributed by atoms with Crippen LogP contribution in [-0.2, 0) is 28.7 Å². The molecule has 1 aromatic rings. The van der Waals surface area contributed by atoms with Gasteiger partial charge >= 0.3 is 6.09 Å². The zero-order chi connectivity index (χ0) is 35.7. The Labute approximate surface area is 289 Å². The molecule has 0 bridgehead atoms. The fourth-order valence-corrected chi connectivity index (χ4v) is 6.94. The average Bonchev–Trinajstić information content (AvgIpc) is 3.87. The lowest BCUT2D eigenvalue weighted by molar-refractivity contribution is -0.133. The quantitative estimate of drug-likeness (QED) is 0.389. The van der Waals surface area contributed by atoms with E-state index in [1.165, 1.54) is 4.90 Å². The largest absolute Gasteiger partial charge is 0.476 e. The molecule has 5 rings (SSSR count). The Balaban J connectivity index is 1.39. The molecule has 0 unspecified atom stereocenters. The number of ether oxygens (including phenoxy) is 3. The standard InChI is InChI=1S/C36H53N5O8/c1-23(42)38-16-13-26(14-17-38)37-31(43)24-19-25(22-39(21-24)34(46)49-35(2,3)4)32(44)41(27-9-10-27)28-11-12-30-29(20-28)40(15-8-18-47-7)33(45)36(5,6)48-30/h11-12,20,24-27H,8-10,13-19,21-22H2,1-7H3,(H,37,43)/t24-,25+/m0/s1. The fraction of sp³-hybridized carbons (Fsp3) is 0.694. The number of nitrogens with zero attached hydrogens (tertiary/aromatic N) is 4. The van der Waals surface area contributed by atoms with Crippen molar-refractivity contribution in [3.8, 4) is 5.75 Å². The summed E-state index contributed by atoms with van der Waals surface area (Å²) in [5.74, 6) is -1.22. The lowest BCUT2D eigenvalue weighted by atomic mass is 9.87. The Kier molecular flexibility index (Phi) is 10.8. The number of piperidine rings is 2. The highest BCUT2D eigenvalue weighted by molar-refractivity contribution is 6.04. The molecule has 1 N–H and O–H groups in total. The van der Waals surface area contributed by atoms with Gasteiger partial charge in [0.2, 0.25) is 17.7 Å². The molecular formula is C36H53N5O8. The van der Waals surface area contributed by atoms with Crippen molar-refractivity contribution >= 4 is 41.1 Å². The Hall–Kier alpha value is -3.87. The van der Waals surface area contributed by atoms with Crippen LogP contribution in [0.3, 0.4) is 0 Å². The number of carbonyl (C=O) groups is 5. The fourth-order valence-electron chi connectivity index (χ4n) is 6.94. The first-order chi connectivity index (χ1) is 23.1. The summed E-state index contributed by atoms with van der Waals surface area (Å²) in [5, 5.41) is 3.14. The third-order valence-corrected chi connectivity index (χ3v) is 9.63. The van der Waals surface area contributed by atoms with E-state index >= 15 is 0 Å². The van der Waals surface area contributed by atoms with Gasteiger partial charge in [0.15, 0.2) is 5.60 Å². The first-order valence-electron chi connectivity index (χ1n) is 17.6. The molecule has 4 aliphatic rings. The Morgan fingerprint density at radius 2 is 1.69 bits per heavy atom. The van der Waals surface area contributed by atoms with Crippen molar-refractivity contribution in [3.63, 3.8) is 0 Å². The van der Waals surface area contributed by atoms with Crippen molar-refractivity contribution in [1.82, 2.24) is 15.1 Å². The van der Waals surface area contributed by atoms with E-state index in [-0.39, 0.29) is 55.2 Å². The number of fused-ring (bicyclic) bond motifs is 1. The first-order valence-corrected chi connectivity index (χ1v) is 17.6. The summed E-state index contributed by atoms with van der Waals surface area (Å²) >= 11 is 0. The van der Waals surface area contributed by atoms with Gasteiger partial charge in [-0.3, -0.25) is 19.2 Å². The van der Waals surface area contributed by atoms with Crippen LogP contribution in [-0.4, -0.2) is 109 Å². The third-order valence-electron chi connectivity index (χ3n) is 9.63. The van der Waals surface area contributed by atoms with Crippen LogP contribution >= 0.6 is 0 Å². The van der Waals surface area contributed by atoms with Crippen molar-refractivity contribution in [2.45, 2.75) is 103 Å².